The maximum atomic E-state index is 9.31. The number of benzene rings is 2. The fraction of sp³-hybridized carbons (Fsp3) is 0. The van der Waals surface area contributed by atoms with Crippen molar-refractivity contribution in [3.05, 3.63) is 60.9 Å². The summed E-state index contributed by atoms with van der Waals surface area (Å²) < 4.78 is 0. The molecule has 4 heteroatoms. The number of nitrogens with zero attached hydrogens (tertiary/aromatic N) is 2. The van der Waals surface area contributed by atoms with Crippen LogP contribution in [0.15, 0.2) is 60.9 Å². The van der Waals surface area contributed by atoms with Gasteiger partial charge in [0.05, 0.1) is 11.4 Å². The monoisotopic (exact) mass is 264 g/mol. The molecule has 0 spiro atoms. The molecule has 1 aromatic heterocycles. The Labute approximate surface area is 116 Å². The Morgan fingerprint density at radius 2 is 1.00 bits per heavy atom. The summed E-state index contributed by atoms with van der Waals surface area (Å²) in [6.07, 6.45) is 1.50. The maximum absolute atomic E-state index is 9.31. The standard InChI is InChI=1S/C16H12N2O2/c19-13-5-1-11(2-6-13)15-9-16(18-10-17-15)12-3-7-14(20)8-4-12/h1-10,19-20H. The van der Waals surface area contributed by atoms with Crippen LogP contribution in [0.3, 0.4) is 0 Å². The molecule has 0 atom stereocenters. The van der Waals surface area contributed by atoms with Crippen molar-refractivity contribution >= 4 is 0 Å². The van der Waals surface area contributed by atoms with Gasteiger partial charge < -0.3 is 10.2 Å². The van der Waals surface area contributed by atoms with Crippen molar-refractivity contribution in [2.24, 2.45) is 0 Å². The molecule has 0 aliphatic heterocycles. The van der Waals surface area contributed by atoms with Crippen molar-refractivity contribution < 1.29 is 10.2 Å². The van der Waals surface area contributed by atoms with Crippen molar-refractivity contribution in [3.63, 3.8) is 0 Å². The highest BCUT2D eigenvalue weighted by molar-refractivity contribution is 5.68. The van der Waals surface area contributed by atoms with E-state index in [1.807, 2.05) is 6.07 Å². The first-order chi connectivity index (χ1) is 9.72. The van der Waals surface area contributed by atoms with E-state index in [0.29, 0.717) is 0 Å². The highest BCUT2D eigenvalue weighted by Gasteiger charge is 2.04. The number of phenols is 2. The summed E-state index contributed by atoms with van der Waals surface area (Å²) in [4.78, 5) is 8.48. The average Bonchev–Trinajstić information content (AvgIpc) is 2.49. The number of aromatic hydroxyl groups is 2. The zero-order valence-electron chi connectivity index (χ0n) is 10.6. The second-order valence-electron chi connectivity index (χ2n) is 4.38. The number of phenolic OH excluding ortho intramolecular Hbond substituents is 2. The molecular weight excluding hydrogens is 252 g/mol. The predicted molar refractivity (Wildman–Crippen MR) is 76.2 cm³/mol. The van der Waals surface area contributed by atoms with E-state index in [1.165, 1.54) is 6.33 Å². The van der Waals surface area contributed by atoms with Gasteiger partial charge in [0.1, 0.15) is 17.8 Å². The van der Waals surface area contributed by atoms with Crippen LogP contribution in [-0.4, -0.2) is 20.2 Å². The first-order valence-corrected chi connectivity index (χ1v) is 6.13. The molecule has 3 rings (SSSR count). The van der Waals surface area contributed by atoms with Crippen LogP contribution in [0.4, 0.5) is 0 Å². The van der Waals surface area contributed by atoms with Gasteiger partial charge in [0.2, 0.25) is 0 Å². The number of aromatic nitrogens is 2. The van der Waals surface area contributed by atoms with E-state index in [0.717, 1.165) is 22.5 Å². The summed E-state index contributed by atoms with van der Waals surface area (Å²) >= 11 is 0. The molecule has 0 saturated carbocycles. The van der Waals surface area contributed by atoms with E-state index in [4.69, 9.17) is 0 Å². The third kappa shape index (κ3) is 2.44. The molecule has 2 aromatic carbocycles. The van der Waals surface area contributed by atoms with E-state index in [2.05, 4.69) is 9.97 Å². The SMILES string of the molecule is Oc1ccc(-c2cc(-c3ccc(O)cc3)ncn2)cc1. The summed E-state index contributed by atoms with van der Waals surface area (Å²) in [7, 11) is 0. The van der Waals surface area contributed by atoms with Gasteiger partial charge in [-0.15, -0.1) is 0 Å². The van der Waals surface area contributed by atoms with E-state index < -0.39 is 0 Å². The minimum Gasteiger partial charge on any atom is -0.508 e. The normalized spacial score (nSPS) is 10.4. The van der Waals surface area contributed by atoms with Crippen LogP contribution in [0, 0.1) is 0 Å². The Bertz CT molecular complexity index is 661. The molecule has 1 heterocycles. The molecule has 98 valence electrons. The topological polar surface area (TPSA) is 66.2 Å². The molecule has 4 nitrogen and oxygen atoms in total. The van der Waals surface area contributed by atoms with Crippen molar-refractivity contribution in [1.29, 1.82) is 0 Å². The summed E-state index contributed by atoms with van der Waals surface area (Å²) in [5.41, 5.74) is 3.38. The number of hydrogen-bond acceptors (Lipinski definition) is 4. The summed E-state index contributed by atoms with van der Waals surface area (Å²) in [5, 5.41) is 18.6. The Morgan fingerprint density at radius 3 is 1.40 bits per heavy atom. The van der Waals surface area contributed by atoms with Gasteiger partial charge in [0.15, 0.2) is 0 Å². The van der Waals surface area contributed by atoms with Crippen molar-refractivity contribution in [2.75, 3.05) is 0 Å². The average molecular weight is 264 g/mol. The van der Waals surface area contributed by atoms with Crippen LogP contribution < -0.4 is 0 Å². The lowest BCUT2D eigenvalue weighted by Gasteiger charge is -2.04. The maximum Gasteiger partial charge on any atom is 0.116 e. The Hall–Kier alpha value is -2.88. The lowest BCUT2D eigenvalue weighted by molar-refractivity contribution is 0.475. The highest BCUT2D eigenvalue weighted by Crippen LogP contribution is 2.25. The largest absolute Gasteiger partial charge is 0.508 e. The number of hydrogen-bond donors (Lipinski definition) is 2. The van der Waals surface area contributed by atoms with E-state index in [1.54, 1.807) is 48.5 Å². The quantitative estimate of drug-likeness (QED) is 0.745. The van der Waals surface area contributed by atoms with Crippen LogP contribution in [0.2, 0.25) is 0 Å². The lowest BCUT2D eigenvalue weighted by atomic mass is 10.1. The van der Waals surface area contributed by atoms with Crippen LogP contribution >= 0.6 is 0 Å². The molecule has 0 bridgehead atoms. The minimum absolute atomic E-state index is 0.224. The molecule has 0 fully saturated rings. The third-order valence-corrected chi connectivity index (χ3v) is 2.99. The molecule has 3 aromatic rings. The zero-order chi connectivity index (χ0) is 13.9. The predicted octanol–water partition coefficient (Wildman–Crippen LogP) is 3.22. The van der Waals surface area contributed by atoms with E-state index in [-0.39, 0.29) is 11.5 Å². The van der Waals surface area contributed by atoms with Gasteiger partial charge in [-0.05, 0) is 54.6 Å². The molecule has 0 unspecified atom stereocenters. The van der Waals surface area contributed by atoms with Gasteiger partial charge in [0, 0.05) is 11.1 Å². The van der Waals surface area contributed by atoms with Crippen LogP contribution in [0.1, 0.15) is 0 Å². The van der Waals surface area contributed by atoms with Crippen molar-refractivity contribution in [3.8, 4) is 34.0 Å². The highest BCUT2D eigenvalue weighted by atomic mass is 16.3. The Morgan fingerprint density at radius 1 is 0.600 bits per heavy atom. The molecule has 0 aliphatic rings. The molecule has 0 aliphatic carbocycles. The fourth-order valence-corrected chi connectivity index (χ4v) is 1.94. The van der Waals surface area contributed by atoms with Crippen LogP contribution in [-0.2, 0) is 0 Å². The van der Waals surface area contributed by atoms with Gasteiger partial charge in [-0.3, -0.25) is 0 Å². The van der Waals surface area contributed by atoms with Gasteiger partial charge >= 0.3 is 0 Å². The van der Waals surface area contributed by atoms with Gasteiger partial charge in [-0.1, -0.05) is 0 Å². The van der Waals surface area contributed by atoms with Crippen molar-refractivity contribution in [1.82, 2.24) is 9.97 Å². The van der Waals surface area contributed by atoms with E-state index in [9.17, 15) is 10.2 Å². The fourth-order valence-electron chi connectivity index (χ4n) is 1.94. The summed E-state index contributed by atoms with van der Waals surface area (Å²) in [6.45, 7) is 0. The third-order valence-electron chi connectivity index (χ3n) is 2.99. The summed E-state index contributed by atoms with van der Waals surface area (Å²) in [5.74, 6) is 0.447. The Balaban J connectivity index is 2.01. The molecule has 0 radical (unpaired) electrons. The van der Waals surface area contributed by atoms with Gasteiger partial charge in [-0.25, -0.2) is 9.97 Å². The minimum atomic E-state index is 0.224. The lowest BCUT2D eigenvalue weighted by Crippen LogP contribution is -1.89. The van der Waals surface area contributed by atoms with Gasteiger partial charge in [0.25, 0.3) is 0 Å². The molecule has 2 N–H and O–H groups in total. The molecule has 0 saturated heterocycles. The first-order valence-electron chi connectivity index (χ1n) is 6.13. The van der Waals surface area contributed by atoms with E-state index >= 15 is 0 Å². The van der Waals surface area contributed by atoms with Crippen molar-refractivity contribution in [2.45, 2.75) is 0 Å². The molecule has 20 heavy (non-hydrogen) atoms. The second kappa shape index (κ2) is 5.01. The molecule has 0 amide bonds. The number of rotatable bonds is 2. The Kier molecular flexibility index (Phi) is 3.05. The summed E-state index contributed by atoms with van der Waals surface area (Å²) in [6, 6.07) is 15.6. The zero-order valence-corrected chi connectivity index (χ0v) is 10.6. The molecular formula is C16H12N2O2. The first kappa shape index (κ1) is 12.2. The smallest absolute Gasteiger partial charge is 0.116 e. The second-order valence-corrected chi connectivity index (χ2v) is 4.38. The van der Waals surface area contributed by atoms with Crippen LogP contribution in [0.5, 0.6) is 11.5 Å². The van der Waals surface area contributed by atoms with Gasteiger partial charge in [-0.2, -0.15) is 0 Å². The van der Waals surface area contributed by atoms with Crippen LogP contribution in [0.25, 0.3) is 22.5 Å².